The van der Waals surface area contributed by atoms with Crippen molar-refractivity contribution in [1.82, 2.24) is 16.0 Å². The first-order valence-corrected chi connectivity index (χ1v) is 10.1. The van der Waals surface area contributed by atoms with Crippen LogP contribution in [0.3, 0.4) is 0 Å². The molecule has 0 aromatic heterocycles. The molecule has 170 valence electrons. The number of guanidine groups is 1. The van der Waals surface area contributed by atoms with Crippen LogP contribution < -0.4 is 25.4 Å². The molecule has 2 aromatic carbocycles. The summed E-state index contributed by atoms with van der Waals surface area (Å²) >= 11 is 0. The molecule has 0 saturated heterocycles. The summed E-state index contributed by atoms with van der Waals surface area (Å²) in [7, 11) is 6.68. The molecule has 3 N–H and O–H groups in total. The van der Waals surface area contributed by atoms with Crippen LogP contribution in [0.15, 0.2) is 47.5 Å². The first kappa shape index (κ1) is 26.5. The quantitative estimate of drug-likeness (QED) is 0.187. The molecule has 0 aliphatic carbocycles. The second-order valence-electron chi connectivity index (χ2n) is 6.75. The van der Waals surface area contributed by atoms with E-state index in [0.29, 0.717) is 5.56 Å². The molecule has 31 heavy (non-hydrogen) atoms. The Hall–Kier alpha value is -2.49. The normalized spacial score (nSPS) is 10.6. The van der Waals surface area contributed by atoms with Crippen LogP contribution in [-0.2, 0) is 12.8 Å². The molecular weight excluding hydrogens is 507 g/mol. The van der Waals surface area contributed by atoms with Gasteiger partial charge in [-0.15, -0.1) is 24.0 Å². The minimum absolute atomic E-state index is 0. The van der Waals surface area contributed by atoms with Crippen LogP contribution in [0, 0.1) is 0 Å². The number of hydrogen-bond acceptors (Lipinski definition) is 4. The highest BCUT2D eigenvalue weighted by Crippen LogP contribution is 2.27. The summed E-state index contributed by atoms with van der Waals surface area (Å²) in [5.41, 5.74) is 2.98. The van der Waals surface area contributed by atoms with Gasteiger partial charge in [-0.3, -0.25) is 9.79 Å². The average molecular weight is 540 g/mol. The summed E-state index contributed by atoms with van der Waals surface area (Å²) in [5, 5.41) is 9.30. The first-order valence-electron chi connectivity index (χ1n) is 10.1. The maximum Gasteiger partial charge on any atom is 0.251 e. The maximum atomic E-state index is 11.7. The topological polar surface area (TPSA) is 84.0 Å². The second-order valence-corrected chi connectivity index (χ2v) is 6.75. The van der Waals surface area contributed by atoms with Gasteiger partial charge in [0.1, 0.15) is 0 Å². The van der Waals surface area contributed by atoms with Gasteiger partial charge in [0, 0.05) is 32.7 Å². The number of nitrogens with zero attached hydrogens (tertiary/aromatic N) is 1. The predicted molar refractivity (Wildman–Crippen MR) is 136 cm³/mol. The minimum Gasteiger partial charge on any atom is -0.493 e. The van der Waals surface area contributed by atoms with Crippen molar-refractivity contribution < 1.29 is 14.3 Å². The largest absolute Gasteiger partial charge is 0.493 e. The van der Waals surface area contributed by atoms with E-state index in [4.69, 9.17) is 9.47 Å². The van der Waals surface area contributed by atoms with Crippen molar-refractivity contribution in [3.8, 4) is 11.5 Å². The van der Waals surface area contributed by atoms with Crippen molar-refractivity contribution in [2.75, 3.05) is 41.4 Å². The van der Waals surface area contributed by atoms with Crippen LogP contribution in [0.2, 0.25) is 0 Å². The van der Waals surface area contributed by atoms with Crippen LogP contribution in [0.4, 0.5) is 0 Å². The fraction of sp³-hybridized carbons (Fsp3) is 0.391. The number of amides is 1. The van der Waals surface area contributed by atoms with E-state index in [-0.39, 0.29) is 29.9 Å². The van der Waals surface area contributed by atoms with E-state index in [9.17, 15) is 4.79 Å². The molecule has 1 amide bonds. The van der Waals surface area contributed by atoms with Gasteiger partial charge in [0.05, 0.1) is 14.2 Å². The second kappa shape index (κ2) is 14.5. The number of aliphatic imine (C=N–C) groups is 1. The van der Waals surface area contributed by atoms with Crippen molar-refractivity contribution in [1.29, 1.82) is 0 Å². The highest BCUT2D eigenvalue weighted by atomic mass is 127. The van der Waals surface area contributed by atoms with Crippen molar-refractivity contribution in [2.45, 2.75) is 19.3 Å². The summed E-state index contributed by atoms with van der Waals surface area (Å²) in [6.45, 7) is 1.53. The Morgan fingerprint density at radius 1 is 0.935 bits per heavy atom. The first-order chi connectivity index (χ1) is 14.6. The van der Waals surface area contributed by atoms with E-state index in [1.165, 1.54) is 5.56 Å². The van der Waals surface area contributed by atoms with Crippen LogP contribution in [0.25, 0.3) is 0 Å². The Balaban J connectivity index is 0.00000480. The maximum absolute atomic E-state index is 11.7. The van der Waals surface area contributed by atoms with Crippen LogP contribution >= 0.6 is 24.0 Å². The number of aryl methyl sites for hydroxylation is 1. The molecule has 0 heterocycles. The van der Waals surface area contributed by atoms with Gasteiger partial charge in [0.25, 0.3) is 5.91 Å². The fourth-order valence-electron chi connectivity index (χ4n) is 3.09. The van der Waals surface area contributed by atoms with Gasteiger partial charge in [0.15, 0.2) is 17.5 Å². The minimum atomic E-state index is -0.0724. The van der Waals surface area contributed by atoms with Crippen molar-refractivity contribution in [3.63, 3.8) is 0 Å². The smallest absolute Gasteiger partial charge is 0.251 e. The highest BCUT2D eigenvalue weighted by molar-refractivity contribution is 14.0. The lowest BCUT2D eigenvalue weighted by Gasteiger charge is -2.13. The van der Waals surface area contributed by atoms with Gasteiger partial charge in [-0.2, -0.15) is 0 Å². The third-order valence-electron chi connectivity index (χ3n) is 4.73. The SMILES string of the molecule is CN=C(NCCCc1ccc(OC)c(OC)c1)NCCc1cccc(C(=O)NC)c1.I. The molecule has 7 nitrogen and oxygen atoms in total. The summed E-state index contributed by atoms with van der Waals surface area (Å²) in [6, 6.07) is 13.7. The lowest BCUT2D eigenvalue weighted by atomic mass is 10.1. The zero-order chi connectivity index (χ0) is 21.8. The van der Waals surface area contributed by atoms with E-state index in [1.807, 2.05) is 36.4 Å². The number of methoxy groups -OCH3 is 2. The monoisotopic (exact) mass is 540 g/mol. The average Bonchev–Trinajstić information content (AvgIpc) is 2.79. The van der Waals surface area contributed by atoms with Crippen LogP contribution in [0.5, 0.6) is 11.5 Å². The highest BCUT2D eigenvalue weighted by Gasteiger charge is 2.06. The van der Waals surface area contributed by atoms with E-state index in [0.717, 1.165) is 55.4 Å². The number of benzene rings is 2. The Bertz CT molecular complexity index is 858. The van der Waals surface area contributed by atoms with Gasteiger partial charge in [0.2, 0.25) is 0 Å². The van der Waals surface area contributed by atoms with Crippen molar-refractivity contribution in [3.05, 3.63) is 59.2 Å². The molecule has 0 spiro atoms. The summed E-state index contributed by atoms with van der Waals surface area (Å²) in [5.74, 6) is 2.19. The summed E-state index contributed by atoms with van der Waals surface area (Å²) < 4.78 is 10.6. The van der Waals surface area contributed by atoms with Gasteiger partial charge in [-0.1, -0.05) is 18.2 Å². The molecule has 0 radical (unpaired) electrons. The number of nitrogens with one attached hydrogen (secondary N) is 3. The van der Waals surface area contributed by atoms with E-state index in [1.54, 1.807) is 28.3 Å². The Morgan fingerprint density at radius 3 is 2.32 bits per heavy atom. The van der Waals surface area contributed by atoms with Crippen molar-refractivity contribution in [2.24, 2.45) is 4.99 Å². The molecule has 0 bridgehead atoms. The lowest BCUT2D eigenvalue weighted by molar-refractivity contribution is 0.0963. The zero-order valence-electron chi connectivity index (χ0n) is 18.7. The number of carbonyl (C=O) groups excluding carboxylic acids is 1. The number of rotatable bonds is 10. The Morgan fingerprint density at radius 2 is 1.65 bits per heavy atom. The summed E-state index contributed by atoms with van der Waals surface area (Å²) in [6.07, 6.45) is 2.69. The van der Waals surface area contributed by atoms with Gasteiger partial charge < -0.3 is 25.4 Å². The number of ether oxygens (including phenoxy) is 2. The van der Waals surface area contributed by atoms with Crippen LogP contribution in [0.1, 0.15) is 27.9 Å². The number of hydrogen-bond donors (Lipinski definition) is 3. The lowest BCUT2D eigenvalue weighted by Crippen LogP contribution is -2.38. The molecule has 2 rings (SSSR count). The molecule has 0 aliphatic heterocycles. The van der Waals surface area contributed by atoms with E-state index >= 15 is 0 Å². The van der Waals surface area contributed by atoms with E-state index in [2.05, 4.69) is 27.0 Å². The third kappa shape index (κ3) is 8.64. The summed E-state index contributed by atoms with van der Waals surface area (Å²) in [4.78, 5) is 16.0. The number of carbonyl (C=O) groups is 1. The molecule has 0 saturated carbocycles. The predicted octanol–water partition coefficient (Wildman–Crippen LogP) is 3.02. The molecule has 0 unspecified atom stereocenters. The third-order valence-corrected chi connectivity index (χ3v) is 4.73. The molecule has 0 fully saturated rings. The molecule has 2 aromatic rings. The van der Waals surface area contributed by atoms with Crippen LogP contribution in [-0.4, -0.2) is 53.3 Å². The molecular formula is C23H33IN4O3. The standard InChI is InChI=1S/C23H32N4O3.HI/c1-24-22(28)19-9-5-7-18(15-19)12-14-27-23(25-2)26-13-6-8-17-10-11-20(29-3)21(16-17)30-4;/h5,7,9-11,15-16H,6,8,12-14H2,1-4H3,(H,24,28)(H2,25,26,27);1H. The Kier molecular flexibility index (Phi) is 12.4. The molecule has 0 aliphatic rings. The zero-order valence-corrected chi connectivity index (χ0v) is 21.0. The molecule has 8 heteroatoms. The van der Waals surface area contributed by atoms with E-state index < -0.39 is 0 Å². The van der Waals surface area contributed by atoms with Gasteiger partial charge in [-0.25, -0.2) is 0 Å². The fourth-order valence-corrected chi connectivity index (χ4v) is 3.09. The van der Waals surface area contributed by atoms with Gasteiger partial charge >= 0.3 is 0 Å². The van der Waals surface area contributed by atoms with Crippen molar-refractivity contribution >= 4 is 35.8 Å². The van der Waals surface area contributed by atoms with Gasteiger partial charge in [-0.05, 0) is 54.7 Å². The Labute approximate surface area is 202 Å². The number of halogens is 1. The molecule has 0 atom stereocenters.